The Balaban J connectivity index is 3.00. The lowest BCUT2D eigenvalue weighted by atomic mass is 10.3. The molecule has 1 aromatic rings. The van der Waals surface area contributed by atoms with E-state index in [1.54, 1.807) is 12.1 Å². The van der Waals surface area contributed by atoms with Gasteiger partial charge in [-0.25, -0.2) is 13.2 Å². The highest BCUT2D eigenvalue weighted by Gasteiger charge is 2.26. The van der Waals surface area contributed by atoms with E-state index < -0.39 is 16.1 Å². The number of hydrogen-bond donors (Lipinski definition) is 0. The van der Waals surface area contributed by atoms with Gasteiger partial charge in [0.1, 0.15) is 0 Å². The predicted molar refractivity (Wildman–Crippen MR) is 75.0 cm³/mol. The highest BCUT2D eigenvalue weighted by molar-refractivity contribution is 7.92. The minimum absolute atomic E-state index is 0.163. The number of amides is 1. The molecule has 19 heavy (non-hydrogen) atoms. The van der Waals surface area contributed by atoms with E-state index in [4.69, 9.17) is 16.3 Å². The van der Waals surface area contributed by atoms with Crippen LogP contribution in [0, 0.1) is 0 Å². The van der Waals surface area contributed by atoms with Crippen molar-refractivity contribution in [2.45, 2.75) is 19.8 Å². The Morgan fingerprint density at radius 2 is 2.11 bits per heavy atom. The third-order valence-corrected chi connectivity index (χ3v) is 3.52. The number of ether oxygens (including phenoxy) is 1. The minimum atomic E-state index is -3.77. The molecule has 7 heteroatoms. The number of unbranched alkanes of at least 4 members (excludes halogenated alkanes) is 1. The number of hydrogen-bond acceptors (Lipinski definition) is 4. The fourth-order valence-corrected chi connectivity index (χ4v) is 2.40. The largest absolute Gasteiger partial charge is 0.448 e. The van der Waals surface area contributed by atoms with Crippen LogP contribution in [0.4, 0.5) is 10.5 Å². The van der Waals surface area contributed by atoms with E-state index in [1.807, 2.05) is 6.92 Å². The SMILES string of the molecule is CCCCOC(=O)N(c1cccc(Cl)c1)S(C)(=O)=O. The zero-order valence-electron chi connectivity index (χ0n) is 10.8. The van der Waals surface area contributed by atoms with Gasteiger partial charge in [0.25, 0.3) is 0 Å². The van der Waals surface area contributed by atoms with Gasteiger partial charge in [-0.3, -0.25) is 0 Å². The lowest BCUT2D eigenvalue weighted by molar-refractivity contribution is 0.156. The van der Waals surface area contributed by atoms with Gasteiger partial charge in [0.15, 0.2) is 0 Å². The molecule has 0 aliphatic heterocycles. The summed E-state index contributed by atoms with van der Waals surface area (Å²) in [5.41, 5.74) is 0.163. The smallest absolute Gasteiger partial charge is 0.428 e. The number of halogens is 1. The molecule has 1 aromatic carbocycles. The molecule has 1 amide bonds. The molecule has 0 bridgehead atoms. The van der Waals surface area contributed by atoms with Gasteiger partial charge in [0.05, 0.1) is 18.6 Å². The molecule has 0 aliphatic carbocycles. The van der Waals surface area contributed by atoms with Crippen LogP contribution in [0.5, 0.6) is 0 Å². The van der Waals surface area contributed by atoms with Crippen LogP contribution >= 0.6 is 11.6 Å². The van der Waals surface area contributed by atoms with E-state index in [9.17, 15) is 13.2 Å². The van der Waals surface area contributed by atoms with Crippen LogP contribution in [-0.4, -0.2) is 27.4 Å². The molecule has 0 saturated heterocycles. The maximum Gasteiger partial charge on any atom is 0.428 e. The van der Waals surface area contributed by atoms with Gasteiger partial charge in [0.2, 0.25) is 10.0 Å². The van der Waals surface area contributed by atoms with Crippen LogP contribution in [0.15, 0.2) is 24.3 Å². The quantitative estimate of drug-likeness (QED) is 0.784. The number of benzene rings is 1. The first-order valence-corrected chi connectivity index (χ1v) is 8.01. The lowest BCUT2D eigenvalue weighted by Gasteiger charge is -2.19. The summed E-state index contributed by atoms with van der Waals surface area (Å²) in [6.45, 7) is 2.13. The molecule has 0 atom stereocenters. The molecule has 5 nitrogen and oxygen atoms in total. The second-order valence-corrected chi connectivity index (χ2v) is 6.24. The van der Waals surface area contributed by atoms with Crippen molar-refractivity contribution >= 4 is 33.4 Å². The standard InChI is InChI=1S/C12H16ClNO4S/c1-3-4-8-18-12(15)14(19(2,16)17)11-7-5-6-10(13)9-11/h5-7,9H,3-4,8H2,1-2H3. The third kappa shape index (κ3) is 4.72. The van der Waals surface area contributed by atoms with Crippen molar-refractivity contribution in [2.24, 2.45) is 0 Å². The average Bonchev–Trinajstić information content (AvgIpc) is 2.27. The number of nitrogens with zero attached hydrogens (tertiary/aromatic N) is 1. The molecular weight excluding hydrogens is 290 g/mol. The van der Waals surface area contributed by atoms with E-state index in [0.717, 1.165) is 12.7 Å². The van der Waals surface area contributed by atoms with Gasteiger partial charge in [-0.2, -0.15) is 4.31 Å². The first-order valence-electron chi connectivity index (χ1n) is 5.79. The monoisotopic (exact) mass is 305 g/mol. The summed E-state index contributed by atoms with van der Waals surface area (Å²) in [7, 11) is -3.77. The van der Waals surface area contributed by atoms with Crippen molar-refractivity contribution in [3.05, 3.63) is 29.3 Å². The normalized spacial score (nSPS) is 11.1. The predicted octanol–water partition coefficient (Wildman–Crippen LogP) is 3.04. The van der Waals surface area contributed by atoms with E-state index in [0.29, 0.717) is 15.7 Å². The van der Waals surface area contributed by atoms with Crippen LogP contribution in [0.3, 0.4) is 0 Å². The molecule has 0 fully saturated rings. The Morgan fingerprint density at radius 1 is 1.42 bits per heavy atom. The molecule has 0 aromatic heterocycles. The molecule has 0 radical (unpaired) electrons. The molecule has 1 rings (SSSR count). The summed E-state index contributed by atoms with van der Waals surface area (Å²) in [6.07, 6.45) is 1.55. The molecule has 0 aliphatic rings. The maximum atomic E-state index is 11.9. The summed E-state index contributed by atoms with van der Waals surface area (Å²) < 4.78 is 28.9. The van der Waals surface area contributed by atoms with Crippen LogP contribution in [0.2, 0.25) is 5.02 Å². The minimum Gasteiger partial charge on any atom is -0.448 e. The zero-order chi connectivity index (χ0) is 14.5. The van der Waals surface area contributed by atoms with Crippen molar-refractivity contribution < 1.29 is 17.9 Å². The number of carbonyl (C=O) groups is 1. The van der Waals surface area contributed by atoms with E-state index in [-0.39, 0.29) is 12.3 Å². The molecule has 106 valence electrons. The number of carbonyl (C=O) groups excluding carboxylic acids is 1. The van der Waals surface area contributed by atoms with Crippen LogP contribution < -0.4 is 4.31 Å². The number of anilines is 1. The van der Waals surface area contributed by atoms with Crippen molar-refractivity contribution in [1.29, 1.82) is 0 Å². The van der Waals surface area contributed by atoms with Gasteiger partial charge in [0, 0.05) is 5.02 Å². The highest BCUT2D eigenvalue weighted by Crippen LogP contribution is 2.22. The second-order valence-electron chi connectivity index (χ2n) is 3.98. The van der Waals surface area contributed by atoms with Gasteiger partial charge in [-0.15, -0.1) is 0 Å². The van der Waals surface area contributed by atoms with Gasteiger partial charge in [-0.1, -0.05) is 31.0 Å². The molecule has 0 unspecified atom stereocenters. The van der Waals surface area contributed by atoms with Crippen LogP contribution in [-0.2, 0) is 14.8 Å². The Morgan fingerprint density at radius 3 is 2.63 bits per heavy atom. The topological polar surface area (TPSA) is 63.7 Å². The van der Waals surface area contributed by atoms with Crippen molar-refractivity contribution in [1.82, 2.24) is 0 Å². The summed E-state index contributed by atoms with van der Waals surface area (Å²) in [4.78, 5) is 11.9. The summed E-state index contributed by atoms with van der Waals surface area (Å²) in [5.74, 6) is 0. The van der Waals surface area contributed by atoms with Crippen molar-refractivity contribution in [3.63, 3.8) is 0 Å². The fourth-order valence-electron chi connectivity index (χ4n) is 1.40. The Bertz CT molecular complexity index is 544. The molecule has 0 spiro atoms. The third-order valence-electron chi connectivity index (χ3n) is 2.26. The van der Waals surface area contributed by atoms with Gasteiger partial charge < -0.3 is 4.74 Å². The lowest BCUT2D eigenvalue weighted by Crippen LogP contribution is -2.36. The fraction of sp³-hybridized carbons (Fsp3) is 0.417. The van der Waals surface area contributed by atoms with Crippen LogP contribution in [0.1, 0.15) is 19.8 Å². The van der Waals surface area contributed by atoms with Gasteiger partial charge >= 0.3 is 6.09 Å². The van der Waals surface area contributed by atoms with Crippen molar-refractivity contribution in [2.75, 3.05) is 17.2 Å². The van der Waals surface area contributed by atoms with Crippen LogP contribution in [0.25, 0.3) is 0 Å². The molecular formula is C12H16ClNO4S. The second kappa shape index (κ2) is 6.77. The first-order chi connectivity index (χ1) is 8.86. The summed E-state index contributed by atoms with van der Waals surface area (Å²) in [5, 5.41) is 0.340. The molecule has 0 N–H and O–H groups in total. The van der Waals surface area contributed by atoms with E-state index >= 15 is 0 Å². The van der Waals surface area contributed by atoms with Crippen molar-refractivity contribution in [3.8, 4) is 0 Å². The van der Waals surface area contributed by atoms with Gasteiger partial charge in [-0.05, 0) is 24.6 Å². The number of sulfonamides is 1. The molecule has 0 saturated carbocycles. The van der Waals surface area contributed by atoms with E-state index in [1.165, 1.54) is 12.1 Å². The average molecular weight is 306 g/mol. The Hall–Kier alpha value is -1.27. The summed E-state index contributed by atoms with van der Waals surface area (Å²) in [6, 6.07) is 6.03. The summed E-state index contributed by atoms with van der Waals surface area (Å²) >= 11 is 5.80. The van der Waals surface area contributed by atoms with E-state index in [2.05, 4.69) is 0 Å². The maximum absolute atomic E-state index is 11.9. The Kier molecular flexibility index (Phi) is 5.62. The molecule has 0 heterocycles. The first kappa shape index (κ1) is 15.8. The highest BCUT2D eigenvalue weighted by atomic mass is 35.5. The Labute approximate surface area is 118 Å². The number of rotatable bonds is 5. The zero-order valence-corrected chi connectivity index (χ0v) is 12.4.